The molecule has 0 radical (unpaired) electrons. The molecule has 0 bridgehead atoms. The maximum Gasteiger partial charge on any atom is 0.121 e. The molecule has 0 aromatic heterocycles. The summed E-state index contributed by atoms with van der Waals surface area (Å²) in [5.41, 5.74) is 3.14. The van der Waals surface area contributed by atoms with E-state index in [0.29, 0.717) is 5.02 Å². The first-order chi connectivity index (χ1) is 9.02. The molecule has 19 heavy (non-hydrogen) atoms. The van der Waals surface area contributed by atoms with Gasteiger partial charge in [0, 0.05) is 8.59 Å². The third kappa shape index (κ3) is 3.36. The number of aryl methyl sites for hydroxylation is 1. The molecule has 100 valence electrons. The third-order valence-corrected chi connectivity index (χ3v) is 4.65. The molecule has 2 aromatic rings. The molecule has 2 aromatic carbocycles. The van der Waals surface area contributed by atoms with Crippen LogP contribution >= 0.6 is 45.8 Å². The van der Waals surface area contributed by atoms with Gasteiger partial charge in [0.05, 0.1) is 12.5 Å². The molecular weight excluding hydrogens is 394 g/mol. The second-order valence-corrected chi connectivity index (χ2v) is 6.29. The summed E-state index contributed by atoms with van der Waals surface area (Å²) < 4.78 is 6.37. The van der Waals surface area contributed by atoms with Gasteiger partial charge < -0.3 is 4.74 Å². The summed E-state index contributed by atoms with van der Waals surface area (Å²) in [6.07, 6.45) is 0. The molecule has 4 heteroatoms. The molecule has 1 unspecified atom stereocenters. The van der Waals surface area contributed by atoms with Gasteiger partial charge in [-0.25, -0.2) is 0 Å². The Labute approximate surface area is 137 Å². The van der Waals surface area contributed by atoms with E-state index < -0.39 is 0 Å². The maximum absolute atomic E-state index is 6.57. The van der Waals surface area contributed by atoms with Gasteiger partial charge >= 0.3 is 0 Å². The largest absolute Gasteiger partial charge is 0.496 e. The van der Waals surface area contributed by atoms with Crippen molar-refractivity contribution in [2.24, 2.45) is 0 Å². The number of halogens is 3. The molecule has 1 atom stereocenters. The molecule has 0 aliphatic rings. The first kappa shape index (κ1) is 14.9. The average molecular weight is 407 g/mol. The molecular formula is C15H13Cl2IO. The van der Waals surface area contributed by atoms with Gasteiger partial charge in [-0.1, -0.05) is 23.7 Å². The maximum atomic E-state index is 6.57. The number of hydrogen-bond acceptors (Lipinski definition) is 1. The van der Waals surface area contributed by atoms with Crippen molar-refractivity contribution in [2.75, 3.05) is 7.11 Å². The van der Waals surface area contributed by atoms with E-state index in [1.165, 1.54) is 0 Å². The summed E-state index contributed by atoms with van der Waals surface area (Å²) in [6.45, 7) is 2.01. The van der Waals surface area contributed by atoms with Crippen LogP contribution in [0.2, 0.25) is 5.02 Å². The van der Waals surface area contributed by atoms with E-state index in [2.05, 4.69) is 22.6 Å². The SMILES string of the molecule is COc1ccc(C(Cl)c2cc(Cl)ccc2I)cc1C. The third-order valence-electron chi connectivity index (χ3n) is 2.94. The Balaban J connectivity index is 2.41. The Kier molecular flexibility index (Phi) is 4.98. The lowest BCUT2D eigenvalue weighted by Crippen LogP contribution is -1.98. The summed E-state index contributed by atoms with van der Waals surface area (Å²) in [5, 5.41) is 0.488. The minimum atomic E-state index is -0.213. The Morgan fingerprint density at radius 3 is 2.53 bits per heavy atom. The quantitative estimate of drug-likeness (QED) is 0.476. The summed E-state index contributed by atoms with van der Waals surface area (Å²) in [4.78, 5) is 0. The normalized spacial score (nSPS) is 12.3. The lowest BCUT2D eigenvalue weighted by atomic mass is 10.0. The molecule has 0 heterocycles. The van der Waals surface area contributed by atoms with E-state index in [4.69, 9.17) is 27.9 Å². The van der Waals surface area contributed by atoms with Gasteiger partial charge in [-0.05, 0) is 70.5 Å². The zero-order chi connectivity index (χ0) is 14.0. The van der Waals surface area contributed by atoms with Crippen molar-refractivity contribution in [3.63, 3.8) is 0 Å². The van der Waals surface area contributed by atoms with Gasteiger partial charge in [-0.3, -0.25) is 0 Å². The number of methoxy groups -OCH3 is 1. The lowest BCUT2D eigenvalue weighted by molar-refractivity contribution is 0.411. The minimum absolute atomic E-state index is 0.213. The number of hydrogen-bond donors (Lipinski definition) is 0. The van der Waals surface area contributed by atoms with Crippen LogP contribution in [0.1, 0.15) is 22.1 Å². The topological polar surface area (TPSA) is 9.23 Å². The van der Waals surface area contributed by atoms with Gasteiger partial charge in [0.25, 0.3) is 0 Å². The molecule has 0 aliphatic carbocycles. The van der Waals surface area contributed by atoms with Crippen LogP contribution < -0.4 is 4.74 Å². The van der Waals surface area contributed by atoms with Crippen LogP contribution in [-0.4, -0.2) is 7.11 Å². The second kappa shape index (κ2) is 6.33. The average Bonchev–Trinajstić information content (AvgIpc) is 2.40. The van der Waals surface area contributed by atoms with Crippen LogP contribution in [0.25, 0.3) is 0 Å². The summed E-state index contributed by atoms with van der Waals surface area (Å²) in [7, 11) is 1.67. The standard InChI is InChI=1S/C15H13Cl2IO/c1-9-7-10(3-6-14(9)19-2)15(17)12-8-11(16)4-5-13(12)18/h3-8,15H,1-2H3. The smallest absolute Gasteiger partial charge is 0.121 e. The molecule has 0 aliphatic heterocycles. The predicted octanol–water partition coefficient (Wildman–Crippen LogP) is 5.59. The fourth-order valence-electron chi connectivity index (χ4n) is 1.95. The first-order valence-corrected chi connectivity index (χ1v) is 7.66. The Bertz CT molecular complexity index is 599. The highest BCUT2D eigenvalue weighted by Crippen LogP contribution is 2.35. The fraction of sp³-hybridized carbons (Fsp3) is 0.200. The van der Waals surface area contributed by atoms with Gasteiger partial charge in [0.2, 0.25) is 0 Å². The van der Waals surface area contributed by atoms with Crippen molar-refractivity contribution in [1.29, 1.82) is 0 Å². The van der Waals surface area contributed by atoms with Crippen molar-refractivity contribution in [2.45, 2.75) is 12.3 Å². The van der Waals surface area contributed by atoms with E-state index in [1.807, 2.05) is 43.3 Å². The molecule has 0 fully saturated rings. The van der Waals surface area contributed by atoms with Crippen molar-refractivity contribution in [1.82, 2.24) is 0 Å². The van der Waals surface area contributed by atoms with Crippen molar-refractivity contribution >= 4 is 45.8 Å². The van der Waals surface area contributed by atoms with Crippen molar-refractivity contribution < 1.29 is 4.74 Å². The molecule has 0 spiro atoms. The molecule has 0 amide bonds. The first-order valence-electron chi connectivity index (χ1n) is 5.76. The van der Waals surface area contributed by atoms with Crippen molar-refractivity contribution in [3.8, 4) is 5.75 Å². The minimum Gasteiger partial charge on any atom is -0.496 e. The van der Waals surface area contributed by atoms with Gasteiger partial charge in [-0.15, -0.1) is 11.6 Å². The lowest BCUT2D eigenvalue weighted by Gasteiger charge is -2.14. The summed E-state index contributed by atoms with van der Waals surface area (Å²) in [6, 6.07) is 11.7. The highest BCUT2D eigenvalue weighted by molar-refractivity contribution is 14.1. The molecule has 0 saturated heterocycles. The number of alkyl halides is 1. The van der Waals surface area contributed by atoms with Crippen LogP contribution in [0.4, 0.5) is 0 Å². The van der Waals surface area contributed by atoms with Crippen LogP contribution in [0.3, 0.4) is 0 Å². The predicted molar refractivity (Wildman–Crippen MR) is 89.6 cm³/mol. The Hall–Kier alpha value is -0.450. The van der Waals surface area contributed by atoms with E-state index in [1.54, 1.807) is 7.11 Å². The Morgan fingerprint density at radius 2 is 1.89 bits per heavy atom. The zero-order valence-electron chi connectivity index (χ0n) is 10.6. The van der Waals surface area contributed by atoms with Gasteiger partial charge in [0.15, 0.2) is 0 Å². The molecule has 2 rings (SSSR count). The van der Waals surface area contributed by atoms with E-state index >= 15 is 0 Å². The molecule has 0 N–H and O–H groups in total. The van der Waals surface area contributed by atoms with Crippen LogP contribution in [0.15, 0.2) is 36.4 Å². The van der Waals surface area contributed by atoms with Crippen LogP contribution in [0, 0.1) is 10.5 Å². The molecule has 1 nitrogen and oxygen atoms in total. The molecule has 0 saturated carbocycles. The number of benzene rings is 2. The van der Waals surface area contributed by atoms with E-state index in [9.17, 15) is 0 Å². The van der Waals surface area contributed by atoms with E-state index in [-0.39, 0.29) is 5.38 Å². The van der Waals surface area contributed by atoms with Gasteiger partial charge in [0.1, 0.15) is 5.75 Å². The Morgan fingerprint density at radius 1 is 1.16 bits per heavy atom. The highest BCUT2D eigenvalue weighted by atomic mass is 127. The summed E-state index contributed by atoms with van der Waals surface area (Å²) in [5.74, 6) is 0.869. The van der Waals surface area contributed by atoms with Crippen LogP contribution in [0.5, 0.6) is 5.75 Å². The second-order valence-electron chi connectivity index (χ2n) is 4.26. The highest BCUT2D eigenvalue weighted by Gasteiger charge is 2.15. The van der Waals surface area contributed by atoms with Crippen molar-refractivity contribution in [3.05, 3.63) is 61.7 Å². The monoisotopic (exact) mass is 406 g/mol. The van der Waals surface area contributed by atoms with E-state index in [0.717, 1.165) is 26.0 Å². The number of rotatable bonds is 3. The summed E-state index contributed by atoms with van der Waals surface area (Å²) >= 11 is 14.9. The fourth-order valence-corrected chi connectivity index (χ4v) is 3.28. The van der Waals surface area contributed by atoms with Crippen LogP contribution in [-0.2, 0) is 0 Å². The van der Waals surface area contributed by atoms with Gasteiger partial charge in [-0.2, -0.15) is 0 Å². The zero-order valence-corrected chi connectivity index (χ0v) is 14.3. The number of ether oxygens (including phenoxy) is 1.